The predicted octanol–water partition coefficient (Wildman–Crippen LogP) is 1.20. The average Bonchev–Trinajstić information content (AvgIpc) is 2.43. The van der Waals surface area contributed by atoms with E-state index in [0.717, 1.165) is 0 Å². The van der Waals surface area contributed by atoms with Crippen molar-refractivity contribution in [3.05, 3.63) is 0 Å². The molecule has 21 heavy (non-hydrogen) atoms. The topological polar surface area (TPSA) is 127 Å². The van der Waals surface area contributed by atoms with Gasteiger partial charge in [-0.1, -0.05) is 15.9 Å². The number of carbonyl (C=O) groups is 4. The summed E-state index contributed by atoms with van der Waals surface area (Å²) in [5, 5.41) is 16.1. The first kappa shape index (κ1) is 21.7. The highest BCUT2D eigenvalue weighted by Crippen LogP contribution is 2.09. The Balaban J connectivity index is 0. The van der Waals surface area contributed by atoms with Crippen molar-refractivity contribution in [2.45, 2.75) is 36.9 Å². The molecule has 9 heteroatoms. The third-order valence-corrected chi connectivity index (χ3v) is 2.90. The van der Waals surface area contributed by atoms with Gasteiger partial charge in [-0.2, -0.15) is 0 Å². The molecule has 0 saturated carbocycles. The molecule has 0 rings (SSSR count). The summed E-state index contributed by atoms with van der Waals surface area (Å²) in [4.78, 5) is 40.6. The highest BCUT2D eigenvalue weighted by Gasteiger charge is 2.16. The fourth-order valence-electron chi connectivity index (χ4n) is 0.983. The van der Waals surface area contributed by atoms with E-state index in [1.165, 1.54) is 14.2 Å². The molecular formula is C12H19BrO8. The van der Waals surface area contributed by atoms with Gasteiger partial charge in [0.25, 0.3) is 0 Å². The summed E-state index contributed by atoms with van der Waals surface area (Å²) >= 11 is 3.08. The molecule has 0 aromatic carbocycles. The molecule has 0 aromatic heterocycles. The normalized spacial score (nSPS) is 10.6. The Labute approximate surface area is 130 Å². The number of hydrogen-bond acceptors (Lipinski definition) is 6. The molecule has 0 aliphatic heterocycles. The fourth-order valence-corrected chi connectivity index (χ4v) is 1.40. The second-order valence-electron chi connectivity index (χ2n) is 3.75. The molecule has 0 bridgehead atoms. The Bertz CT molecular complexity index is 341. The SMILES string of the molecule is COC(=O)CCC(Br)C(=O)OC.O=C(O)CCCC(=O)O. The van der Waals surface area contributed by atoms with Crippen molar-refractivity contribution in [3.8, 4) is 0 Å². The minimum absolute atomic E-state index is 0.0632. The maximum Gasteiger partial charge on any atom is 0.319 e. The quantitative estimate of drug-likeness (QED) is 0.481. The van der Waals surface area contributed by atoms with Crippen LogP contribution in [0, 0.1) is 0 Å². The van der Waals surface area contributed by atoms with Crippen molar-refractivity contribution in [2.75, 3.05) is 14.2 Å². The monoisotopic (exact) mass is 370 g/mol. The smallest absolute Gasteiger partial charge is 0.319 e. The number of rotatable bonds is 8. The van der Waals surface area contributed by atoms with Crippen molar-refractivity contribution in [3.63, 3.8) is 0 Å². The largest absolute Gasteiger partial charge is 0.481 e. The number of carboxylic acids is 2. The predicted molar refractivity (Wildman–Crippen MR) is 75.1 cm³/mol. The van der Waals surface area contributed by atoms with Crippen molar-refractivity contribution in [2.24, 2.45) is 0 Å². The van der Waals surface area contributed by atoms with E-state index >= 15 is 0 Å². The molecule has 0 spiro atoms. The van der Waals surface area contributed by atoms with Crippen LogP contribution in [0.5, 0.6) is 0 Å². The molecule has 1 unspecified atom stereocenters. The Morgan fingerprint density at radius 2 is 1.43 bits per heavy atom. The Hall–Kier alpha value is -1.64. The molecule has 0 aliphatic rings. The van der Waals surface area contributed by atoms with Crippen molar-refractivity contribution in [1.82, 2.24) is 0 Å². The maximum atomic E-state index is 10.8. The molecule has 2 N–H and O–H groups in total. The number of carbonyl (C=O) groups excluding carboxylic acids is 2. The molecule has 0 aliphatic carbocycles. The number of halogens is 1. The molecule has 0 heterocycles. The fraction of sp³-hybridized carbons (Fsp3) is 0.667. The molecule has 122 valence electrons. The molecular weight excluding hydrogens is 352 g/mol. The van der Waals surface area contributed by atoms with E-state index < -0.39 is 16.8 Å². The van der Waals surface area contributed by atoms with E-state index in [1.807, 2.05) is 0 Å². The summed E-state index contributed by atoms with van der Waals surface area (Å²) in [5.74, 6) is -2.60. The maximum absolute atomic E-state index is 10.8. The molecule has 8 nitrogen and oxygen atoms in total. The first-order valence-electron chi connectivity index (χ1n) is 5.96. The first-order valence-corrected chi connectivity index (χ1v) is 6.88. The van der Waals surface area contributed by atoms with Crippen LogP contribution in [0.4, 0.5) is 0 Å². The lowest BCUT2D eigenvalue weighted by molar-refractivity contribution is -0.142. The van der Waals surface area contributed by atoms with E-state index in [9.17, 15) is 19.2 Å². The summed E-state index contributed by atoms with van der Waals surface area (Å²) in [5.41, 5.74) is 0. The highest BCUT2D eigenvalue weighted by atomic mass is 79.9. The van der Waals surface area contributed by atoms with Crippen LogP contribution in [0.1, 0.15) is 32.1 Å². The summed E-state index contributed by atoms with van der Waals surface area (Å²) in [6.07, 6.45) is 0.685. The lowest BCUT2D eigenvalue weighted by atomic mass is 10.2. The van der Waals surface area contributed by atoms with E-state index in [4.69, 9.17) is 10.2 Å². The number of hydrogen-bond donors (Lipinski definition) is 2. The first-order chi connectivity index (χ1) is 9.74. The highest BCUT2D eigenvalue weighted by molar-refractivity contribution is 9.10. The van der Waals surface area contributed by atoms with E-state index in [0.29, 0.717) is 6.42 Å². The van der Waals surface area contributed by atoms with Gasteiger partial charge in [0.1, 0.15) is 4.83 Å². The van der Waals surface area contributed by atoms with E-state index in [1.54, 1.807) is 0 Å². The van der Waals surface area contributed by atoms with Crippen LogP contribution in [0.2, 0.25) is 0 Å². The zero-order valence-corrected chi connectivity index (χ0v) is 13.4. The Kier molecular flexibility index (Phi) is 13.8. The van der Waals surface area contributed by atoms with Gasteiger partial charge < -0.3 is 19.7 Å². The minimum atomic E-state index is -0.948. The van der Waals surface area contributed by atoms with Crippen LogP contribution in [0.25, 0.3) is 0 Å². The standard InChI is InChI=1S/C7H11BrO4.C5H8O4/c1-11-6(9)4-3-5(8)7(10)12-2;6-4(7)2-1-3-5(8)9/h5H,3-4H2,1-2H3;1-3H2,(H,6,7)(H,8,9). The minimum Gasteiger partial charge on any atom is -0.481 e. The van der Waals surface area contributed by atoms with Crippen molar-refractivity contribution < 1.29 is 38.9 Å². The van der Waals surface area contributed by atoms with E-state index in [2.05, 4.69) is 25.4 Å². The van der Waals surface area contributed by atoms with Crippen LogP contribution in [-0.4, -0.2) is 53.1 Å². The number of esters is 2. The zero-order valence-electron chi connectivity index (χ0n) is 11.8. The zero-order chi connectivity index (χ0) is 16.8. The molecule has 0 radical (unpaired) electrons. The van der Waals surface area contributed by atoms with Crippen molar-refractivity contribution >= 4 is 39.8 Å². The van der Waals surface area contributed by atoms with Gasteiger partial charge in [-0.05, 0) is 12.8 Å². The number of carboxylic acid groups (broad SMARTS) is 2. The summed E-state index contributed by atoms with van der Waals surface area (Å²) in [7, 11) is 2.61. The van der Waals surface area contributed by atoms with E-state index in [-0.39, 0.29) is 37.6 Å². The molecule has 0 amide bonds. The third-order valence-electron chi connectivity index (χ3n) is 2.07. The van der Waals surface area contributed by atoms with Gasteiger partial charge >= 0.3 is 23.9 Å². The lowest BCUT2D eigenvalue weighted by Gasteiger charge is -2.05. The second kappa shape index (κ2) is 13.3. The lowest BCUT2D eigenvalue weighted by Crippen LogP contribution is -2.17. The molecule has 0 fully saturated rings. The Morgan fingerprint density at radius 1 is 0.952 bits per heavy atom. The van der Waals surface area contributed by atoms with Gasteiger partial charge in [0.2, 0.25) is 0 Å². The molecule has 0 aromatic rings. The van der Waals surface area contributed by atoms with Gasteiger partial charge in [0.05, 0.1) is 14.2 Å². The van der Waals surface area contributed by atoms with Gasteiger partial charge in [-0.3, -0.25) is 19.2 Å². The molecule has 1 atom stereocenters. The number of ether oxygens (including phenoxy) is 2. The van der Waals surface area contributed by atoms with Gasteiger partial charge in [0.15, 0.2) is 0 Å². The van der Waals surface area contributed by atoms with Crippen LogP contribution in [-0.2, 0) is 28.7 Å². The summed E-state index contributed by atoms with van der Waals surface area (Å²) in [6, 6.07) is 0. The molecule has 0 saturated heterocycles. The second-order valence-corrected chi connectivity index (χ2v) is 4.85. The van der Waals surface area contributed by atoms with Gasteiger partial charge in [-0.25, -0.2) is 0 Å². The third kappa shape index (κ3) is 16.3. The summed E-state index contributed by atoms with van der Waals surface area (Å²) < 4.78 is 8.84. The van der Waals surface area contributed by atoms with Crippen LogP contribution < -0.4 is 0 Å². The Morgan fingerprint density at radius 3 is 1.76 bits per heavy atom. The van der Waals surface area contributed by atoms with Crippen LogP contribution >= 0.6 is 15.9 Å². The summed E-state index contributed by atoms with van der Waals surface area (Å²) in [6.45, 7) is 0. The number of alkyl halides is 1. The van der Waals surface area contributed by atoms with Crippen LogP contribution in [0.3, 0.4) is 0 Å². The van der Waals surface area contributed by atoms with Gasteiger partial charge in [-0.15, -0.1) is 0 Å². The number of methoxy groups -OCH3 is 2. The van der Waals surface area contributed by atoms with Crippen molar-refractivity contribution in [1.29, 1.82) is 0 Å². The number of aliphatic carboxylic acids is 2. The average molecular weight is 371 g/mol. The van der Waals surface area contributed by atoms with Crippen LogP contribution in [0.15, 0.2) is 0 Å². The van der Waals surface area contributed by atoms with Gasteiger partial charge in [0, 0.05) is 19.3 Å².